The smallest absolute Gasteiger partial charge is 0.298 e. The summed E-state index contributed by atoms with van der Waals surface area (Å²) in [6.45, 7) is 11.1. The first kappa shape index (κ1) is 25.0. The Balaban J connectivity index is 1.15. The molecule has 2 aromatic rings. The van der Waals surface area contributed by atoms with Gasteiger partial charge < -0.3 is 24.6 Å². The van der Waals surface area contributed by atoms with E-state index in [4.69, 9.17) is 14.5 Å². The van der Waals surface area contributed by atoms with Crippen LogP contribution in [0.1, 0.15) is 49.1 Å². The first-order valence-electron chi connectivity index (χ1n) is 13.8. The number of ether oxygens (including phenoxy) is 2. The summed E-state index contributed by atoms with van der Waals surface area (Å²) in [5, 5.41) is 3.59. The number of likely N-dealkylation sites (tertiary alicyclic amines) is 2. The molecule has 6 rings (SSSR count). The van der Waals surface area contributed by atoms with E-state index in [2.05, 4.69) is 44.1 Å². The molecule has 1 N–H and O–H groups in total. The second-order valence-electron chi connectivity index (χ2n) is 10.6. The molecule has 200 valence electrons. The third-order valence-electron chi connectivity index (χ3n) is 8.31. The highest BCUT2D eigenvalue weighted by Crippen LogP contribution is 2.40. The fourth-order valence-corrected chi connectivity index (χ4v) is 6.24. The maximum Gasteiger partial charge on any atom is 0.298 e. The number of morpholine rings is 1. The molecule has 0 saturated carbocycles. The lowest BCUT2D eigenvalue weighted by atomic mass is 9.91. The average molecular weight is 517 g/mol. The third kappa shape index (κ3) is 4.91. The van der Waals surface area contributed by atoms with Crippen molar-refractivity contribution in [3.63, 3.8) is 0 Å². The van der Waals surface area contributed by atoms with E-state index in [0.29, 0.717) is 18.6 Å². The average Bonchev–Trinajstić information content (AvgIpc) is 3.36. The van der Waals surface area contributed by atoms with Crippen molar-refractivity contribution in [3.05, 3.63) is 35.3 Å². The lowest BCUT2D eigenvalue weighted by Crippen LogP contribution is -2.43. The lowest BCUT2D eigenvalue weighted by Gasteiger charge is -2.36. The minimum absolute atomic E-state index is 0.0441. The number of rotatable bonds is 3. The van der Waals surface area contributed by atoms with Crippen molar-refractivity contribution in [1.29, 1.82) is 0 Å². The van der Waals surface area contributed by atoms with Crippen molar-refractivity contribution < 1.29 is 14.3 Å². The van der Waals surface area contributed by atoms with Crippen molar-refractivity contribution in [3.8, 4) is 17.6 Å². The van der Waals surface area contributed by atoms with Gasteiger partial charge in [-0.25, -0.2) is 4.98 Å². The van der Waals surface area contributed by atoms with Crippen molar-refractivity contribution in [2.45, 2.75) is 51.7 Å². The summed E-state index contributed by atoms with van der Waals surface area (Å²) in [5.41, 5.74) is 5.21. The van der Waals surface area contributed by atoms with Crippen LogP contribution in [-0.4, -0.2) is 84.2 Å². The zero-order valence-electron chi connectivity index (χ0n) is 22.3. The number of carbonyl (C=O) groups is 1. The number of carbonyl (C=O) groups excluding carboxylic acids is 1. The Kier molecular flexibility index (Phi) is 7.09. The standard InChI is InChI=1S/C29H36N6O3/c1-3-4-27(36)35-12-8-22(18-35)33-10-6-21(7-11-33)24-17-25-28(20(2)31-24)38-19-23-26(5-9-30-29(23)32-25)34-13-15-37-16-14-34/h5,9,17,21-22H,6-8,10-16,18-19H2,1-2H3,(H,30,32)/t22-/m0/s1. The van der Waals surface area contributed by atoms with Gasteiger partial charge in [0.2, 0.25) is 0 Å². The van der Waals surface area contributed by atoms with Gasteiger partial charge >= 0.3 is 0 Å². The Morgan fingerprint density at radius 3 is 2.74 bits per heavy atom. The first-order chi connectivity index (χ1) is 18.6. The number of piperidine rings is 1. The molecule has 3 fully saturated rings. The van der Waals surface area contributed by atoms with Gasteiger partial charge in [-0.1, -0.05) is 5.92 Å². The van der Waals surface area contributed by atoms with E-state index in [1.54, 1.807) is 6.92 Å². The number of anilines is 3. The summed E-state index contributed by atoms with van der Waals surface area (Å²) in [7, 11) is 0. The van der Waals surface area contributed by atoms with Gasteiger partial charge in [-0.3, -0.25) is 14.7 Å². The van der Waals surface area contributed by atoms with Gasteiger partial charge in [-0.15, -0.1) is 0 Å². The molecule has 0 unspecified atom stereocenters. The van der Waals surface area contributed by atoms with Crippen molar-refractivity contribution in [2.24, 2.45) is 0 Å². The quantitative estimate of drug-likeness (QED) is 0.624. The number of nitrogens with zero attached hydrogens (tertiary/aromatic N) is 5. The van der Waals surface area contributed by atoms with Crippen LogP contribution in [0.2, 0.25) is 0 Å². The first-order valence-corrected chi connectivity index (χ1v) is 13.8. The van der Waals surface area contributed by atoms with E-state index in [-0.39, 0.29) is 5.91 Å². The van der Waals surface area contributed by atoms with E-state index < -0.39 is 0 Å². The van der Waals surface area contributed by atoms with Crippen LogP contribution in [-0.2, 0) is 16.1 Å². The predicted octanol–water partition coefficient (Wildman–Crippen LogP) is 3.06. The molecule has 3 saturated heterocycles. The summed E-state index contributed by atoms with van der Waals surface area (Å²) in [6, 6.07) is 4.67. The minimum atomic E-state index is -0.0441. The second kappa shape index (κ2) is 10.8. The van der Waals surface area contributed by atoms with E-state index in [1.807, 2.05) is 18.0 Å². The summed E-state index contributed by atoms with van der Waals surface area (Å²) in [5.74, 6) is 7.43. The Morgan fingerprint density at radius 2 is 1.95 bits per heavy atom. The molecule has 0 bridgehead atoms. The number of hydrogen-bond acceptors (Lipinski definition) is 8. The molecular weight excluding hydrogens is 480 g/mol. The zero-order chi connectivity index (χ0) is 26.1. The van der Waals surface area contributed by atoms with Gasteiger partial charge in [0, 0.05) is 55.7 Å². The highest BCUT2D eigenvalue weighted by molar-refractivity contribution is 5.93. The maximum absolute atomic E-state index is 12.2. The Bertz CT molecular complexity index is 1260. The molecule has 4 aliphatic rings. The lowest BCUT2D eigenvalue weighted by molar-refractivity contribution is -0.124. The molecule has 4 aliphatic heterocycles. The number of aromatic nitrogens is 2. The molecule has 0 spiro atoms. The molecule has 0 aromatic carbocycles. The van der Waals surface area contributed by atoms with Gasteiger partial charge in [0.1, 0.15) is 12.4 Å². The van der Waals surface area contributed by atoms with Crippen LogP contribution in [0.3, 0.4) is 0 Å². The van der Waals surface area contributed by atoms with Gasteiger partial charge in [-0.05, 0) is 64.3 Å². The molecule has 9 heteroatoms. The molecule has 9 nitrogen and oxygen atoms in total. The monoisotopic (exact) mass is 516 g/mol. The van der Waals surface area contributed by atoms with Crippen LogP contribution in [0.25, 0.3) is 0 Å². The maximum atomic E-state index is 12.2. The van der Waals surface area contributed by atoms with Crippen LogP contribution in [0.15, 0.2) is 18.3 Å². The van der Waals surface area contributed by atoms with Crippen LogP contribution < -0.4 is 15.0 Å². The number of nitrogens with one attached hydrogen (secondary N) is 1. The number of fused-ring (bicyclic) bond motifs is 2. The zero-order valence-corrected chi connectivity index (χ0v) is 22.3. The van der Waals surface area contributed by atoms with Gasteiger partial charge in [0.05, 0.1) is 30.2 Å². The summed E-state index contributed by atoms with van der Waals surface area (Å²) in [4.78, 5) is 28.6. The van der Waals surface area contributed by atoms with E-state index in [0.717, 1.165) is 112 Å². The fourth-order valence-electron chi connectivity index (χ4n) is 6.24. The highest BCUT2D eigenvalue weighted by Gasteiger charge is 2.33. The molecule has 38 heavy (non-hydrogen) atoms. The van der Waals surface area contributed by atoms with E-state index in [9.17, 15) is 4.79 Å². The van der Waals surface area contributed by atoms with E-state index >= 15 is 0 Å². The third-order valence-corrected chi connectivity index (χ3v) is 8.31. The Hall–Kier alpha value is -3.35. The van der Waals surface area contributed by atoms with E-state index in [1.165, 1.54) is 0 Å². The summed E-state index contributed by atoms with van der Waals surface area (Å²) >= 11 is 0. The van der Waals surface area contributed by atoms with Crippen LogP contribution in [0.5, 0.6) is 5.75 Å². The van der Waals surface area contributed by atoms with Crippen molar-refractivity contribution in [1.82, 2.24) is 19.8 Å². The van der Waals surface area contributed by atoms with Gasteiger partial charge in [-0.2, -0.15) is 0 Å². The Morgan fingerprint density at radius 1 is 1.13 bits per heavy atom. The van der Waals surface area contributed by atoms with Crippen molar-refractivity contribution >= 4 is 23.1 Å². The van der Waals surface area contributed by atoms with Crippen molar-refractivity contribution in [2.75, 3.05) is 62.7 Å². The molecule has 0 radical (unpaired) electrons. The van der Waals surface area contributed by atoms with Crippen LogP contribution in [0.4, 0.5) is 17.2 Å². The highest BCUT2D eigenvalue weighted by atomic mass is 16.5. The fraction of sp³-hybridized carbons (Fsp3) is 0.552. The number of amides is 1. The molecule has 1 amide bonds. The summed E-state index contributed by atoms with van der Waals surface area (Å²) in [6.07, 6.45) is 5.01. The van der Waals surface area contributed by atoms with Crippen LogP contribution >= 0.6 is 0 Å². The molecule has 2 aromatic heterocycles. The minimum Gasteiger partial charge on any atom is -0.485 e. The molecule has 1 atom stereocenters. The molecular formula is C29H36N6O3. The number of pyridine rings is 2. The largest absolute Gasteiger partial charge is 0.485 e. The topological polar surface area (TPSA) is 83.1 Å². The Labute approximate surface area is 224 Å². The summed E-state index contributed by atoms with van der Waals surface area (Å²) < 4.78 is 11.9. The normalized spacial score (nSPS) is 21.9. The van der Waals surface area contributed by atoms with Gasteiger partial charge in [0.15, 0.2) is 5.75 Å². The number of hydrogen-bond donors (Lipinski definition) is 1. The van der Waals surface area contributed by atoms with Gasteiger partial charge in [0.25, 0.3) is 5.91 Å². The molecule has 6 heterocycles. The second-order valence-corrected chi connectivity index (χ2v) is 10.6. The molecule has 0 aliphatic carbocycles. The van der Waals surface area contributed by atoms with Crippen LogP contribution in [0, 0.1) is 18.8 Å². The number of aryl methyl sites for hydroxylation is 1. The predicted molar refractivity (Wildman–Crippen MR) is 146 cm³/mol. The SMILES string of the molecule is CC#CC(=O)N1CC[C@H](N2CCC(c3cc4c(c(C)n3)OCc3c(N5CCOCC5)ccnc3N4)CC2)C1.